The monoisotopic (exact) mass is 232 g/mol. The van der Waals surface area contributed by atoms with Gasteiger partial charge in [0.2, 0.25) is 11.9 Å². The lowest BCUT2D eigenvalue weighted by Gasteiger charge is -2.05. The molecule has 0 radical (unpaired) electrons. The summed E-state index contributed by atoms with van der Waals surface area (Å²) >= 11 is 3.29. The van der Waals surface area contributed by atoms with Crippen LogP contribution < -0.4 is 9.47 Å². The summed E-state index contributed by atoms with van der Waals surface area (Å²) < 4.78 is 6.96. The Hall–Kier alpha value is -0.770. The third kappa shape index (κ3) is 1.39. The van der Waals surface area contributed by atoms with Crippen molar-refractivity contribution in [2.75, 3.05) is 7.11 Å². The summed E-state index contributed by atoms with van der Waals surface area (Å²) in [5, 5.41) is 9.33. The highest BCUT2D eigenvalue weighted by Gasteiger charge is 2.17. The van der Waals surface area contributed by atoms with E-state index in [1.165, 1.54) is 0 Å². The summed E-state index contributed by atoms with van der Waals surface area (Å²) in [5.41, 5.74) is 1.70. The van der Waals surface area contributed by atoms with Gasteiger partial charge in [0.15, 0.2) is 0 Å². The second-order valence-electron chi connectivity index (χ2n) is 2.57. The SMILES string of the molecule is COc1c(Br)c[n+](O)c(C)c1C. The highest BCUT2D eigenvalue weighted by atomic mass is 79.9. The Morgan fingerprint density at radius 2 is 2.08 bits per heavy atom. The molecule has 0 bridgehead atoms. The van der Waals surface area contributed by atoms with Crippen molar-refractivity contribution < 1.29 is 14.7 Å². The van der Waals surface area contributed by atoms with Crippen LogP contribution >= 0.6 is 15.9 Å². The van der Waals surface area contributed by atoms with Gasteiger partial charge in [-0.05, 0) is 22.9 Å². The van der Waals surface area contributed by atoms with Gasteiger partial charge in [-0.3, -0.25) is 5.21 Å². The molecular weight excluding hydrogens is 222 g/mol. The van der Waals surface area contributed by atoms with Crippen molar-refractivity contribution in [2.45, 2.75) is 13.8 Å². The van der Waals surface area contributed by atoms with Crippen LogP contribution in [0.1, 0.15) is 11.3 Å². The van der Waals surface area contributed by atoms with E-state index in [-0.39, 0.29) is 0 Å². The molecule has 3 nitrogen and oxygen atoms in total. The predicted octanol–water partition coefficient (Wildman–Crippen LogP) is 1.60. The molecule has 1 heterocycles. The van der Waals surface area contributed by atoms with Crippen LogP contribution in [0.4, 0.5) is 0 Å². The standard InChI is InChI=1S/C8H11BrNO2/c1-5-6(2)10(11)4-7(9)8(5)12-3/h4,11H,1-3H3/q+1. The van der Waals surface area contributed by atoms with Crippen LogP contribution in [0.15, 0.2) is 10.7 Å². The number of halogens is 1. The van der Waals surface area contributed by atoms with E-state index < -0.39 is 0 Å². The molecule has 0 aliphatic carbocycles. The number of nitrogens with zero attached hydrogens (tertiary/aromatic N) is 1. The van der Waals surface area contributed by atoms with E-state index in [0.717, 1.165) is 26.2 Å². The summed E-state index contributed by atoms with van der Waals surface area (Å²) in [6.45, 7) is 3.72. The van der Waals surface area contributed by atoms with Crippen molar-refractivity contribution in [1.82, 2.24) is 0 Å². The predicted molar refractivity (Wildman–Crippen MR) is 47.5 cm³/mol. The maximum atomic E-state index is 9.33. The zero-order chi connectivity index (χ0) is 9.30. The third-order valence-electron chi connectivity index (χ3n) is 1.88. The molecule has 0 fully saturated rings. The first-order valence-corrected chi connectivity index (χ1v) is 4.31. The molecule has 66 valence electrons. The first kappa shape index (κ1) is 9.32. The van der Waals surface area contributed by atoms with Crippen molar-refractivity contribution in [3.8, 4) is 5.75 Å². The minimum Gasteiger partial charge on any atom is -0.495 e. The summed E-state index contributed by atoms with van der Waals surface area (Å²) in [7, 11) is 1.61. The lowest BCUT2D eigenvalue weighted by Crippen LogP contribution is -2.34. The molecule has 0 spiro atoms. The maximum Gasteiger partial charge on any atom is 0.240 e. The molecule has 0 unspecified atom stereocenters. The average Bonchev–Trinajstić information content (AvgIpc) is 2.01. The smallest absolute Gasteiger partial charge is 0.240 e. The van der Waals surface area contributed by atoms with Gasteiger partial charge in [-0.25, -0.2) is 0 Å². The molecule has 0 aliphatic heterocycles. The molecule has 1 aromatic heterocycles. The van der Waals surface area contributed by atoms with Crippen LogP contribution in [-0.2, 0) is 0 Å². The highest BCUT2D eigenvalue weighted by Crippen LogP contribution is 2.27. The molecular formula is C8H11BrNO2+. The van der Waals surface area contributed by atoms with E-state index in [9.17, 15) is 5.21 Å². The topological polar surface area (TPSA) is 33.3 Å². The van der Waals surface area contributed by atoms with Gasteiger partial charge in [-0.2, -0.15) is 0 Å². The number of rotatable bonds is 1. The molecule has 0 aliphatic rings. The van der Waals surface area contributed by atoms with Crippen LogP contribution in [0.25, 0.3) is 0 Å². The van der Waals surface area contributed by atoms with Gasteiger partial charge >= 0.3 is 0 Å². The summed E-state index contributed by atoms with van der Waals surface area (Å²) in [6, 6.07) is 0. The van der Waals surface area contributed by atoms with E-state index in [4.69, 9.17) is 4.74 Å². The van der Waals surface area contributed by atoms with Crippen LogP contribution in [0.3, 0.4) is 0 Å². The number of hydrogen-bond donors (Lipinski definition) is 1. The summed E-state index contributed by atoms with van der Waals surface area (Å²) in [5.74, 6) is 0.762. The molecule has 0 amide bonds. The van der Waals surface area contributed by atoms with Crippen LogP contribution in [0, 0.1) is 13.8 Å². The van der Waals surface area contributed by atoms with Gasteiger partial charge < -0.3 is 4.74 Å². The number of ether oxygens (including phenoxy) is 1. The molecule has 1 N–H and O–H groups in total. The first-order valence-electron chi connectivity index (χ1n) is 3.52. The average molecular weight is 233 g/mol. The van der Waals surface area contributed by atoms with E-state index in [1.807, 2.05) is 13.8 Å². The fourth-order valence-electron chi connectivity index (χ4n) is 1.03. The second kappa shape index (κ2) is 3.31. The van der Waals surface area contributed by atoms with Crippen LogP contribution in [-0.4, -0.2) is 12.3 Å². The van der Waals surface area contributed by atoms with Gasteiger partial charge in [-0.1, -0.05) is 0 Å². The Labute approximate surface area is 79.7 Å². The van der Waals surface area contributed by atoms with Crippen molar-refractivity contribution in [3.63, 3.8) is 0 Å². The number of methoxy groups -OCH3 is 1. The molecule has 0 saturated carbocycles. The maximum absolute atomic E-state index is 9.33. The Kier molecular flexibility index (Phi) is 2.57. The Balaban J connectivity index is 3.40. The first-order chi connectivity index (χ1) is 5.57. The molecule has 1 aromatic rings. The zero-order valence-corrected chi connectivity index (χ0v) is 8.84. The largest absolute Gasteiger partial charge is 0.495 e. The van der Waals surface area contributed by atoms with Gasteiger partial charge in [0, 0.05) is 11.7 Å². The van der Waals surface area contributed by atoms with E-state index >= 15 is 0 Å². The Morgan fingerprint density at radius 1 is 1.50 bits per heavy atom. The van der Waals surface area contributed by atoms with Crippen LogP contribution in [0.2, 0.25) is 0 Å². The van der Waals surface area contributed by atoms with Crippen molar-refractivity contribution in [3.05, 3.63) is 21.9 Å². The number of aromatic nitrogens is 1. The minimum atomic E-state index is 0.746. The Bertz CT molecular complexity index is 312. The number of pyridine rings is 1. The van der Waals surface area contributed by atoms with Crippen molar-refractivity contribution >= 4 is 15.9 Å². The quantitative estimate of drug-likeness (QED) is 0.590. The van der Waals surface area contributed by atoms with Crippen molar-refractivity contribution in [1.29, 1.82) is 0 Å². The zero-order valence-electron chi connectivity index (χ0n) is 7.26. The third-order valence-corrected chi connectivity index (χ3v) is 2.45. The van der Waals surface area contributed by atoms with Gasteiger partial charge in [0.05, 0.1) is 12.7 Å². The van der Waals surface area contributed by atoms with E-state index in [2.05, 4.69) is 15.9 Å². The lowest BCUT2D eigenvalue weighted by atomic mass is 10.2. The molecule has 1 rings (SSSR count). The fraction of sp³-hybridized carbons (Fsp3) is 0.375. The number of hydrogen-bond acceptors (Lipinski definition) is 2. The van der Waals surface area contributed by atoms with Gasteiger partial charge in [-0.15, -0.1) is 0 Å². The Morgan fingerprint density at radius 3 is 2.58 bits per heavy atom. The molecule has 0 aromatic carbocycles. The molecule has 12 heavy (non-hydrogen) atoms. The molecule has 0 saturated heterocycles. The normalized spacial score (nSPS) is 10.0. The fourth-order valence-corrected chi connectivity index (χ4v) is 1.68. The van der Waals surface area contributed by atoms with Gasteiger partial charge in [0.25, 0.3) is 0 Å². The van der Waals surface area contributed by atoms with E-state index in [0.29, 0.717) is 0 Å². The van der Waals surface area contributed by atoms with Gasteiger partial charge in [0.1, 0.15) is 10.2 Å². The molecule has 4 heteroatoms. The molecule has 0 atom stereocenters. The van der Waals surface area contributed by atoms with Crippen LogP contribution in [0.5, 0.6) is 5.75 Å². The minimum absolute atomic E-state index is 0.746. The van der Waals surface area contributed by atoms with E-state index in [1.54, 1.807) is 13.3 Å². The lowest BCUT2D eigenvalue weighted by molar-refractivity contribution is -0.909. The summed E-state index contributed by atoms with van der Waals surface area (Å²) in [6.07, 6.45) is 1.56. The summed E-state index contributed by atoms with van der Waals surface area (Å²) in [4.78, 5) is 0. The highest BCUT2D eigenvalue weighted by molar-refractivity contribution is 9.10. The van der Waals surface area contributed by atoms with Crippen molar-refractivity contribution in [2.24, 2.45) is 0 Å². The second-order valence-corrected chi connectivity index (χ2v) is 3.42.